The van der Waals surface area contributed by atoms with Gasteiger partial charge in [-0.1, -0.05) is 29.8 Å². The first-order valence-electron chi connectivity index (χ1n) is 11.3. The number of aryl methyl sites for hydroxylation is 1. The first kappa shape index (κ1) is 24.9. The van der Waals surface area contributed by atoms with Crippen molar-refractivity contribution < 1.29 is 19.1 Å². The van der Waals surface area contributed by atoms with E-state index in [1.165, 1.54) is 0 Å². The molecule has 1 aromatic carbocycles. The van der Waals surface area contributed by atoms with Crippen LogP contribution in [0, 0.1) is 6.92 Å². The summed E-state index contributed by atoms with van der Waals surface area (Å²) in [6.45, 7) is 11.1. The van der Waals surface area contributed by atoms with Crippen LogP contribution < -0.4 is 10.2 Å². The molecule has 1 saturated heterocycles. The molecule has 1 fully saturated rings. The molecule has 33 heavy (non-hydrogen) atoms. The lowest BCUT2D eigenvalue weighted by atomic mass is 10.1. The number of hydrogen-bond acceptors (Lipinski definition) is 6. The number of nitrogens with one attached hydrogen (secondary N) is 1. The molecule has 9 heteroatoms. The Morgan fingerprint density at radius 2 is 2.00 bits per heavy atom. The predicted octanol–water partition coefficient (Wildman–Crippen LogP) is 4.56. The maximum Gasteiger partial charge on any atom is 0.407 e. The molecule has 0 aliphatic carbocycles. The third-order valence-electron chi connectivity index (χ3n) is 5.30. The number of imidazole rings is 1. The maximum absolute atomic E-state index is 12.8. The maximum atomic E-state index is 12.8. The van der Waals surface area contributed by atoms with E-state index >= 15 is 0 Å². The zero-order valence-corrected chi connectivity index (χ0v) is 20.7. The Kier molecular flexibility index (Phi) is 7.89. The Bertz CT molecular complexity index is 999. The molecule has 0 bridgehead atoms. The summed E-state index contributed by atoms with van der Waals surface area (Å²) in [5.41, 5.74) is 1.32. The van der Waals surface area contributed by atoms with E-state index in [9.17, 15) is 9.59 Å². The molecule has 0 saturated carbocycles. The molecule has 1 N–H and O–H groups in total. The van der Waals surface area contributed by atoms with Gasteiger partial charge < -0.3 is 19.7 Å². The number of carbonyl (C=O) groups is 2. The van der Waals surface area contributed by atoms with Crippen molar-refractivity contribution in [1.29, 1.82) is 0 Å². The van der Waals surface area contributed by atoms with E-state index in [4.69, 9.17) is 26.1 Å². The summed E-state index contributed by atoms with van der Waals surface area (Å²) in [5.74, 6) is 0.243. The van der Waals surface area contributed by atoms with E-state index in [2.05, 4.69) is 10.2 Å². The second-order valence-corrected chi connectivity index (χ2v) is 9.58. The minimum atomic E-state index is -0.560. The molecule has 3 rings (SSSR count). The number of esters is 1. The molecule has 180 valence electrons. The van der Waals surface area contributed by atoms with Crippen molar-refractivity contribution in [3.05, 3.63) is 46.2 Å². The molecule has 1 aromatic heterocycles. The Hall–Kier alpha value is -2.74. The van der Waals surface area contributed by atoms with Gasteiger partial charge in [0.05, 0.1) is 18.8 Å². The molecule has 0 spiro atoms. The highest BCUT2D eigenvalue weighted by Gasteiger charge is 2.30. The third-order valence-corrected chi connectivity index (χ3v) is 5.67. The molecular weight excluding hydrogens is 444 g/mol. The highest BCUT2D eigenvalue weighted by molar-refractivity contribution is 6.31. The summed E-state index contributed by atoms with van der Waals surface area (Å²) in [6, 6.07) is 7.45. The Labute approximate surface area is 200 Å². The van der Waals surface area contributed by atoms with Crippen molar-refractivity contribution in [3.63, 3.8) is 0 Å². The van der Waals surface area contributed by atoms with Crippen LogP contribution >= 0.6 is 11.6 Å². The van der Waals surface area contributed by atoms with Crippen LogP contribution in [0.4, 0.5) is 10.7 Å². The van der Waals surface area contributed by atoms with Gasteiger partial charge in [0.15, 0.2) is 5.69 Å². The molecular formula is C24H33ClN4O4. The highest BCUT2D eigenvalue weighted by atomic mass is 35.5. The molecule has 2 aromatic rings. The normalized spacial score (nSPS) is 16.4. The SMILES string of the molecule is CCOC(=O)c1c(C)nc(N2CCCC(NC(=O)OC(C)(C)C)C2)n1Cc1ccccc1Cl. The monoisotopic (exact) mass is 476 g/mol. The summed E-state index contributed by atoms with van der Waals surface area (Å²) in [6.07, 6.45) is 1.27. The zero-order chi connectivity index (χ0) is 24.2. The van der Waals surface area contributed by atoms with E-state index in [1.54, 1.807) is 13.8 Å². The molecule has 1 aliphatic heterocycles. The van der Waals surface area contributed by atoms with Gasteiger partial charge in [-0.15, -0.1) is 0 Å². The van der Waals surface area contributed by atoms with Gasteiger partial charge in [-0.05, 0) is 59.1 Å². The number of alkyl carbamates (subject to hydrolysis) is 1. The number of ether oxygens (including phenoxy) is 2. The van der Waals surface area contributed by atoms with Gasteiger partial charge in [-0.3, -0.25) is 4.57 Å². The first-order valence-corrected chi connectivity index (χ1v) is 11.7. The van der Waals surface area contributed by atoms with E-state index < -0.39 is 17.7 Å². The number of carbonyl (C=O) groups excluding carboxylic acids is 2. The van der Waals surface area contributed by atoms with Gasteiger partial charge >= 0.3 is 12.1 Å². The lowest BCUT2D eigenvalue weighted by Crippen LogP contribution is -2.49. The van der Waals surface area contributed by atoms with Crippen LogP contribution in [0.1, 0.15) is 62.3 Å². The second-order valence-electron chi connectivity index (χ2n) is 9.18. The number of piperidine rings is 1. The molecule has 1 unspecified atom stereocenters. The van der Waals surface area contributed by atoms with E-state index in [-0.39, 0.29) is 12.6 Å². The summed E-state index contributed by atoms with van der Waals surface area (Å²) < 4.78 is 12.6. The Morgan fingerprint density at radius 3 is 2.67 bits per heavy atom. The van der Waals surface area contributed by atoms with Crippen molar-refractivity contribution in [2.24, 2.45) is 0 Å². The number of benzene rings is 1. The molecule has 1 atom stereocenters. The zero-order valence-electron chi connectivity index (χ0n) is 20.0. The van der Waals surface area contributed by atoms with Crippen molar-refractivity contribution in [2.75, 3.05) is 24.6 Å². The summed E-state index contributed by atoms with van der Waals surface area (Å²) in [7, 11) is 0. The van der Waals surface area contributed by atoms with Crippen LogP contribution in [0.2, 0.25) is 5.02 Å². The second kappa shape index (κ2) is 10.5. The fourth-order valence-electron chi connectivity index (χ4n) is 3.95. The van der Waals surface area contributed by atoms with Crippen LogP contribution in [0.25, 0.3) is 0 Å². The fraction of sp³-hybridized carbons (Fsp3) is 0.542. The standard InChI is InChI=1S/C24H33ClN4O4/c1-6-32-21(30)20-16(2)26-22(29(20)14-17-10-7-8-12-19(17)25)28-13-9-11-18(15-28)27-23(31)33-24(3,4)5/h7-8,10,12,18H,6,9,11,13-15H2,1-5H3,(H,27,31). The van der Waals surface area contributed by atoms with Crippen LogP contribution in [0.15, 0.2) is 24.3 Å². The largest absolute Gasteiger partial charge is 0.461 e. The van der Waals surface area contributed by atoms with Crippen molar-refractivity contribution in [1.82, 2.24) is 14.9 Å². The number of amides is 1. The number of hydrogen-bond donors (Lipinski definition) is 1. The lowest BCUT2D eigenvalue weighted by molar-refractivity contribution is 0.0495. The number of anilines is 1. The number of nitrogens with zero attached hydrogens (tertiary/aromatic N) is 3. The van der Waals surface area contributed by atoms with Crippen LogP contribution in [-0.2, 0) is 16.0 Å². The van der Waals surface area contributed by atoms with E-state index in [0.717, 1.165) is 24.9 Å². The third kappa shape index (κ3) is 6.41. The van der Waals surface area contributed by atoms with Gasteiger partial charge in [0, 0.05) is 24.2 Å². The quantitative estimate of drug-likeness (QED) is 0.615. The summed E-state index contributed by atoms with van der Waals surface area (Å²) in [5, 5.41) is 3.58. The number of aromatic nitrogens is 2. The molecule has 1 amide bonds. The minimum absolute atomic E-state index is 0.0922. The predicted molar refractivity (Wildman–Crippen MR) is 128 cm³/mol. The smallest absolute Gasteiger partial charge is 0.407 e. The number of rotatable bonds is 6. The number of halogens is 1. The van der Waals surface area contributed by atoms with Crippen LogP contribution in [-0.4, -0.2) is 53.0 Å². The molecule has 1 aliphatic rings. The van der Waals surface area contributed by atoms with E-state index in [0.29, 0.717) is 35.4 Å². The average Bonchev–Trinajstić information content (AvgIpc) is 3.04. The Morgan fingerprint density at radius 1 is 1.27 bits per heavy atom. The minimum Gasteiger partial charge on any atom is -0.461 e. The molecule has 2 heterocycles. The molecule has 8 nitrogen and oxygen atoms in total. The molecule has 0 radical (unpaired) electrons. The van der Waals surface area contributed by atoms with Crippen molar-refractivity contribution in [3.8, 4) is 0 Å². The average molecular weight is 477 g/mol. The topological polar surface area (TPSA) is 85.7 Å². The van der Waals surface area contributed by atoms with Crippen molar-refractivity contribution in [2.45, 2.75) is 65.6 Å². The Balaban J connectivity index is 1.89. The van der Waals surface area contributed by atoms with Gasteiger partial charge in [-0.2, -0.15) is 0 Å². The summed E-state index contributed by atoms with van der Waals surface area (Å²) in [4.78, 5) is 31.9. The van der Waals surface area contributed by atoms with Crippen LogP contribution in [0.5, 0.6) is 0 Å². The van der Waals surface area contributed by atoms with Crippen LogP contribution in [0.3, 0.4) is 0 Å². The van der Waals surface area contributed by atoms with Crippen molar-refractivity contribution >= 4 is 29.6 Å². The lowest BCUT2D eigenvalue weighted by Gasteiger charge is -2.34. The van der Waals surface area contributed by atoms with Gasteiger partial charge in [0.1, 0.15) is 5.60 Å². The van der Waals surface area contributed by atoms with Gasteiger partial charge in [-0.25, -0.2) is 14.6 Å². The summed E-state index contributed by atoms with van der Waals surface area (Å²) >= 11 is 6.42. The van der Waals surface area contributed by atoms with E-state index in [1.807, 2.05) is 49.6 Å². The highest BCUT2D eigenvalue weighted by Crippen LogP contribution is 2.27. The van der Waals surface area contributed by atoms with Gasteiger partial charge in [0.2, 0.25) is 5.95 Å². The fourth-order valence-corrected chi connectivity index (χ4v) is 4.15. The van der Waals surface area contributed by atoms with Gasteiger partial charge in [0.25, 0.3) is 0 Å². The first-order chi connectivity index (χ1) is 15.6.